The van der Waals surface area contributed by atoms with Crippen molar-refractivity contribution in [2.75, 3.05) is 26.2 Å². The highest BCUT2D eigenvalue weighted by atomic mass is 15.3. The Morgan fingerprint density at radius 1 is 1.14 bits per heavy atom. The summed E-state index contributed by atoms with van der Waals surface area (Å²) in [4.78, 5) is 5.29. The van der Waals surface area contributed by atoms with Crippen molar-refractivity contribution in [2.45, 2.75) is 45.7 Å². The molecule has 1 unspecified atom stereocenters. The molecule has 2 aliphatic rings. The fourth-order valence-electron chi connectivity index (χ4n) is 2.70. The minimum Gasteiger partial charge on any atom is -0.298 e. The molecule has 0 amide bonds. The van der Waals surface area contributed by atoms with Gasteiger partial charge in [0.1, 0.15) is 0 Å². The van der Waals surface area contributed by atoms with Crippen LogP contribution >= 0.6 is 0 Å². The third kappa shape index (κ3) is 2.12. The van der Waals surface area contributed by atoms with E-state index in [9.17, 15) is 0 Å². The van der Waals surface area contributed by atoms with Crippen LogP contribution in [0.2, 0.25) is 0 Å². The van der Waals surface area contributed by atoms with Crippen LogP contribution in [0, 0.1) is 5.92 Å². The maximum atomic E-state index is 2.72. The summed E-state index contributed by atoms with van der Waals surface area (Å²) in [7, 11) is 0. The molecule has 0 aliphatic carbocycles. The van der Waals surface area contributed by atoms with Crippen molar-refractivity contribution >= 4 is 0 Å². The molecule has 0 N–H and O–H groups in total. The molecule has 2 rings (SSSR count). The van der Waals surface area contributed by atoms with Gasteiger partial charge in [0.25, 0.3) is 0 Å². The third-order valence-electron chi connectivity index (χ3n) is 3.83. The van der Waals surface area contributed by atoms with Crippen molar-refractivity contribution in [3.63, 3.8) is 0 Å². The molecule has 2 aliphatic heterocycles. The van der Waals surface area contributed by atoms with E-state index in [0.717, 1.165) is 18.0 Å². The Kier molecular flexibility index (Phi) is 3.13. The van der Waals surface area contributed by atoms with E-state index in [0.29, 0.717) is 0 Å². The van der Waals surface area contributed by atoms with E-state index < -0.39 is 0 Å². The third-order valence-corrected chi connectivity index (χ3v) is 3.83. The van der Waals surface area contributed by atoms with Crippen molar-refractivity contribution in [3.05, 3.63) is 0 Å². The van der Waals surface area contributed by atoms with Crippen LogP contribution in [-0.4, -0.2) is 48.1 Å². The molecule has 14 heavy (non-hydrogen) atoms. The summed E-state index contributed by atoms with van der Waals surface area (Å²) in [6.07, 6.45) is 2.86. The molecule has 2 heterocycles. The minimum absolute atomic E-state index is 0.744. The van der Waals surface area contributed by atoms with Crippen LogP contribution in [0.1, 0.15) is 33.6 Å². The maximum absolute atomic E-state index is 2.72. The molecule has 2 saturated heterocycles. The van der Waals surface area contributed by atoms with Crippen molar-refractivity contribution in [1.29, 1.82) is 0 Å². The number of piperidine rings is 1. The van der Waals surface area contributed by atoms with Crippen molar-refractivity contribution < 1.29 is 0 Å². The van der Waals surface area contributed by atoms with E-state index in [-0.39, 0.29) is 0 Å². The summed E-state index contributed by atoms with van der Waals surface area (Å²) in [6.45, 7) is 12.3. The number of nitrogens with zero attached hydrogens (tertiary/aromatic N) is 2. The lowest BCUT2D eigenvalue weighted by molar-refractivity contribution is -0.00398. The maximum Gasteiger partial charge on any atom is 0.0350 e. The summed E-state index contributed by atoms with van der Waals surface area (Å²) < 4.78 is 0. The van der Waals surface area contributed by atoms with Gasteiger partial charge in [0.2, 0.25) is 0 Å². The minimum atomic E-state index is 0.744. The molecule has 82 valence electrons. The van der Waals surface area contributed by atoms with E-state index in [4.69, 9.17) is 0 Å². The van der Waals surface area contributed by atoms with E-state index in [1.807, 2.05) is 0 Å². The zero-order valence-electron chi connectivity index (χ0n) is 9.87. The smallest absolute Gasteiger partial charge is 0.0350 e. The summed E-state index contributed by atoms with van der Waals surface area (Å²) in [5, 5.41) is 0. The van der Waals surface area contributed by atoms with Crippen molar-refractivity contribution in [1.82, 2.24) is 9.80 Å². The Morgan fingerprint density at radius 3 is 2.43 bits per heavy atom. The van der Waals surface area contributed by atoms with Gasteiger partial charge in [0.15, 0.2) is 0 Å². The second-order valence-corrected chi connectivity index (χ2v) is 5.44. The predicted molar refractivity (Wildman–Crippen MR) is 60.5 cm³/mol. The van der Waals surface area contributed by atoms with Gasteiger partial charge < -0.3 is 0 Å². The fourth-order valence-corrected chi connectivity index (χ4v) is 2.70. The molecule has 2 nitrogen and oxygen atoms in total. The SMILES string of the molecule is CC1CCCN(C2CN(C(C)C)C2)C1. The quantitative estimate of drug-likeness (QED) is 0.664. The Labute approximate surface area is 88.3 Å². The molecule has 0 saturated carbocycles. The number of hydrogen-bond donors (Lipinski definition) is 0. The number of rotatable bonds is 2. The molecule has 1 atom stereocenters. The highest BCUT2D eigenvalue weighted by Crippen LogP contribution is 2.23. The van der Waals surface area contributed by atoms with Gasteiger partial charge in [-0.2, -0.15) is 0 Å². The van der Waals surface area contributed by atoms with Crippen LogP contribution in [0.5, 0.6) is 0 Å². The van der Waals surface area contributed by atoms with Crippen LogP contribution < -0.4 is 0 Å². The van der Waals surface area contributed by atoms with Gasteiger partial charge in [-0.3, -0.25) is 9.80 Å². The largest absolute Gasteiger partial charge is 0.298 e. The van der Waals surface area contributed by atoms with Gasteiger partial charge in [-0.15, -0.1) is 0 Å². The molecule has 0 aromatic rings. The van der Waals surface area contributed by atoms with Gasteiger partial charge >= 0.3 is 0 Å². The Bertz CT molecular complexity index is 185. The van der Waals surface area contributed by atoms with Crippen LogP contribution in [0.15, 0.2) is 0 Å². The Morgan fingerprint density at radius 2 is 1.86 bits per heavy atom. The summed E-state index contributed by atoms with van der Waals surface area (Å²) >= 11 is 0. The Hall–Kier alpha value is -0.0800. The first-order chi connectivity index (χ1) is 6.66. The average molecular weight is 196 g/mol. The summed E-state index contributed by atoms with van der Waals surface area (Å²) in [6, 6.07) is 1.62. The lowest BCUT2D eigenvalue weighted by Gasteiger charge is -2.49. The average Bonchev–Trinajstić information content (AvgIpc) is 2.00. The van der Waals surface area contributed by atoms with Gasteiger partial charge in [-0.25, -0.2) is 0 Å². The molecule has 0 spiro atoms. The van der Waals surface area contributed by atoms with E-state index in [2.05, 4.69) is 30.6 Å². The second-order valence-electron chi connectivity index (χ2n) is 5.44. The summed E-state index contributed by atoms with van der Waals surface area (Å²) in [5.41, 5.74) is 0. The monoisotopic (exact) mass is 196 g/mol. The first-order valence-corrected chi connectivity index (χ1v) is 6.15. The fraction of sp³-hybridized carbons (Fsp3) is 1.00. The van der Waals surface area contributed by atoms with Gasteiger partial charge in [-0.05, 0) is 39.2 Å². The van der Waals surface area contributed by atoms with Gasteiger partial charge in [0.05, 0.1) is 0 Å². The zero-order chi connectivity index (χ0) is 10.1. The molecule has 0 radical (unpaired) electrons. The van der Waals surface area contributed by atoms with E-state index >= 15 is 0 Å². The normalized spacial score (nSPS) is 32.1. The first-order valence-electron chi connectivity index (χ1n) is 6.15. The Balaban J connectivity index is 1.76. The van der Waals surface area contributed by atoms with Crippen molar-refractivity contribution in [2.24, 2.45) is 5.92 Å². The molecule has 0 aromatic carbocycles. The first kappa shape index (κ1) is 10.4. The number of likely N-dealkylation sites (tertiary alicyclic amines) is 2. The van der Waals surface area contributed by atoms with Gasteiger partial charge in [0, 0.05) is 31.7 Å². The van der Waals surface area contributed by atoms with Crippen LogP contribution in [0.4, 0.5) is 0 Å². The van der Waals surface area contributed by atoms with Gasteiger partial charge in [-0.1, -0.05) is 6.92 Å². The molecule has 0 bridgehead atoms. The van der Waals surface area contributed by atoms with Crippen LogP contribution in [0.3, 0.4) is 0 Å². The predicted octanol–water partition coefficient (Wildman–Crippen LogP) is 1.81. The second kappa shape index (κ2) is 4.19. The van der Waals surface area contributed by atoms with Crippen LogP contribution in [0.25, 0.3) is 0 Å². The number of hydrogen-bond acceptors (Lipinski definition) is 2. The molecular weight excluding hydrogens is 172 g/mol. The van der Waals surface area contributed by atoms with E-state index in [1.54, 1.807) is 0 Å². The highest BCUT2D eigenvalue weighted by Gasteiger charge is 2.34. The molecule has 2 heteroatoms. The molecular formula is C12H24N2. The topological polar surface area (TPSA) is 6.48 Å². The van der Waals surface area contributed by atoms with Crippen molar-refractivity contribution in [3.8, 4) is 0 Å². The van der Waals surface area contributed by atoms with E-state index in [1.165, 1.54) is 39.0 Å². The summed E-state index contributed by atoms with van der Waals surface area (Å²) in [5.74, 6) is 0.928. The lowest BCUT2D eigenvalue weighted by Crippen LogP contribution is -2.62. The molecule has 0 aromatic heterocycles. The molecule has 2 fully saturated rings. The standard InChI is InChI=1S/C12H24N2/c1-10(2)14-8-12(9-14)13-6-4-5-11(3)7-13/h10-12H,4-9H2,1-3H3. The zero-order valence-corrected chi connectivity index (χ0v) is 9.87. The van der Waals surface area contributed by atoms with Crippen LogP contribution in [-0.2, 0) is 0 Å². The highest BCUT2D eigenvalue weighted by molar-refractivity contribution is 4.91. The lowest BCUT2D eigenvalue weighted by atomic mass is 9.96.